The Morgan fingerprint density at radius 3 is 2.84 bits per heavy atom. The van der Waals surface area contributed by atoms with Gasteiger partial charge in [0.2, 0.25) is 0 Å². The second-order valence-electron chi connectivity index (χ2n) is 6.05. The molecule has 2 aromatic carbocycles. The lowest BCUT2D eigenvalue weighted by atomic mass is 10.1. The summed E-state index contributed by atoms with van der Waals surface area (Å²) in [4.78, 5) is 16.0. The number of carbonyl (C=O) groups excluding carboxylic acids is 1. The number of aryl methyl sites for hydroxylation is 1. The normalized spacial score (nSPS) is 13.1. The maximum atomic E-state index is 13.1. The van der Waals surface area contributed by atoms with Crippen LogP contribution in [0.15, 0.2) is 64.0 Å². The van der Waals surface area contributed by atoms with E-state index in [1.807, 2.05) is 60.4 Å². The van der Waals surface area contributed by atoms with E-state index < -0.39 is 0 Å². The zero-order chi connectivity index (χ0) is 17.2. The summed E-state index contributed by atoms with van der Waals surface area (Å²) in [5, 5.41) is 3.91. The molecule has 1 amide bonds. The van der Waals surface area contributed by atoms with Crippen LogP contribution in [-0.2, 0) is 12.2 Å². The monoisotopic (exact) mass is 350 g/mol. The number of anilines is 1. The van der Waals surface area contributed by atoms with Crippen LogP contribution in [0, 0.1) is 6.92 Å². The summed E-state index contributed by atoms with van der Waals surface area (Å²) in [5.41, 5.74) is 3.87. The van der Waals surface area contributed by atoms with Gasteiger partial charge < -0.3 is 9.42 Å². The van der Waals surface area contributed by atoms with E-state index in [9.17, 15) is 4.79 Å². The fraction of sp³-hybridized carbons (Fsp3) is 0.200. The average molecular weight is 350 g/mol. The highest BCUT2D eigenvalue weighted by Gasteiger charge is 2.26. The van der Waals surface area contributed by atoms with Crippen LogP contribution in [-0.4, -0.2) is 17.6 Å². The number of carbonyl (C=O) groups is 1. The fourth-order valence-corrected chi connectivity index (χ4v) is 4.02. The molecule has 4 nitrogen and oxygen atoms in total. The smallest absolute Gasteiger partial charge is 0.259 e. The first kappa shape index (κ1) is 16.0. The molecule has 1 aliphatic heterocycles. The summed E-state index contributed by atoms with van der Waals surface area (Å²) in [6.45, 7) is 2.64. The third-order valence-electron chi connectivity index (χ3n) is 4.30. The van der Waals surface area contributed by atoms with Crippen LogP contribution in [0.5, 0.6) is 0 Å². The SMILES string of the molecule is Cc1cc(CSc2ccccc2C(=O)N2CCc3ccccc32)on1. The Hall–Kier alpha value is -2.53. The largest absolute Gasteiger partial charge is 0.360 e. The number of hydrogen-bond donors (Lipinski definition) is 0. The Kier molecular flexibility index (Phi) is 4.32. The van der Waals surface area contributed by atoms with Crippen molar-refractivity contribution < 1.29 is 9.32 Å². The molecule has 0 saturated heterocycles. The van der Waals surface area contributed by atoms with Gasteiger partial charge in [0.15, 0.2) is 0 Å². The number of rotatable bonds is 4. The van der Waals surface area contributed by atoms with Gasteiger partial charge in [0.1, 0.15) is 5.76 Å². The molecule has 0 bridgehead atoms. The maximum Gasteiger partial charge on any atom is 0.259 e. The van der Waals surface area contributed by atoms with Crippen molar-refractivity contribution in [1.29, 1.82) is 0 Å². The molecule has 126 valence electrons. The molecular formula is C20H18N2O2S. The molecule has 0 spiro atoms. The number of para-hydroxylation sites is 1. The van der Waals surface area contributed by atoms with Crippen LogP contribution in [0.1, 0.15) is 27.4 Å². The summed E-state index contributed by atoms with van der Waals surface area (Å²) in [6.07, 6.45) is 0.911. The van der Waals surface area contributed by atoms with Crippen molar-refractivity contribution in [3.63, 3.8) is 0 Å². The van der Waals surface area contributed by atoms with Crippen LogP contribution < -0.4 is 4.90 Å². The second kappa shape index (κ2) is 6.76. The average Bonchev–Trinajstić information content (AvgIpc) is 3.26. The predicted molar refractivity (Wildman–Crippen MR) is 99.1 cm³/mol. The van der Waals surface area contributed by atoms with Gasteiger partial charge in [0.05, 0.1) is 17.0 Å². The van der Waals surface area contributed by atoms with Gasteiger partial charge in [-0.15, -0.1) is 11.8 Å². The van der Waals surface area contributed by atoms with E-state index in [4.69, 9.17) is 4.52 Å². The van der Waals surface area contributed by atoms with Gasteiger partial charge in [-0.1, -0.05) is 35.5 Å². The first-order chi connectivity index (χ1) is 12.2. The standard InChI is InChI=1S/C20H18N2O2S/c1-14-12-16(24-21-14)13-25-19-9-5-3-7-17(19)20(23)22-11-10-15-6-2-4-8-18(15)22/h2-9,12H,10-11,13H2,1H3. The minimum absolute atomic E-state index is 0.0572. The molecule has 5 heteroatoms. The molecule has 0 aliphatic carbocycles. The van der Waals surface area contributed by atoms with Crippen molar-refractivity contribution in [3.05, 3.63) is 77.2 Å². The second-order valence-corrected chi connectivity index (χ2v) is 7.07. The summed E-state index contributed by atoms with van der Waals surface area (Å²) in [6, 6.07) is 17.8. The van der Waals surface area contributed by atoms with E-state index in [1.165, 1.54) is 5.56 Å². The molecule has 3 aromatic rings. The van der Waals surface area contributed by atoms with E-state index in [2.05, 4.69) is 11.2 Å². The van der Waals surface area contributed by atoms with Gasteiger partial charge in [0, 0.05) is 23.2 Å². The van der Waals surface area contributed by atoms with Gasteiger partial charge in [-0.05, 0) is 37.1 Å². The zero-order valence-electron chi connectivity index (χ0n) is 13.9. The van der Waals surface area contributed by atoms with E-state index >= 15 is 0 Å². The molecule has 0 radical (unpaired) electrons. The first-order valence-electron chi connectivity index (χ1n) is 8.26. The van der Waals surface area contributed by atoms with Gasteiger partial charge in [-0.25, -0.2) is 0 Å². The van der Waals surface area contributed by atoms with Crippen molar-refractivity contribution in [2.24, 2.45) is 0 Å². The number of fused-ring (bicyclic) bond motifs is 1. The number of benzene rings is 2. The molecule has 0 N–H and O–H groups in total. The van der Waals surface area contributed by atoms with Gasteiger partial charge in [0.25, 0.3) is 5.91 Å². The van der Waals surface area contributed by atoms with Crippen molar-refractivity contribution in [2.45, 2.75) is 24.0 Å². The van der Waals surface area contributed by atoms with Gasteiger partial charge in [-0.2, -0.15) is 0 Å². The number of thioether (sulfide) groups is 1. The van der Waals surface area contributed by atoms with Crippen LogP contribution in [0.2, 0.25) is 0 Å². The molecule has 0 unspecified atom stereocenters. The van der Waals surface area contributed by atoms with Gasteiger partial charge in [-0.3, -0.25) is 4.79 Å². The Morgan fingerprint density at radius 2 is 2.00 bits per heavy atom. The van der Waals surface area contributed by atoms with Crippen molar-refractivity contribution in [1.82, 2.24) is 5.16 Å². The minimum Gasteiger partial charge on any atom is -0.360 e. The topological polar surface area (TPSA) is 46.3 Å². The summed E-state index contributed by atoms with van der Waals surface area (Å²) >= 11 is 1.60. The van der Waals surface area contributed by atoms with Gasteiger partial charge >= 0.3 is 0 Å². The molecule has 25 heavy (non-hydrogen) atoms. The molecule has 4 rings (SSSR count). The first-order valence-corrected chi connectivity index (χ1v) is 9.25. The Morgan fingerprint density at radius 1 is 1.20 bits per heavy atom. The van der Waals surface area contributed by atoms with E-state index in [0.717, 1.165) is 40.6 Å². The van der Waals surface area contributed by atoms with Crippen molar-refractivity contribution in [2.75, 3.05) is 11.4 Å². The highest BCUT2D eigenvalue weighted by atomic mass is 32.2. The Labute approximate surface area is 150 Å². The van der Waals surface area contributed by atoms with Crippen LogP contribution in [0.25, 0.3) is 0 Å². The third kappa shape index (κ3) is 3.20. The molecule has 0 saturated carbocycles. The zero-order valence-corrected chi connectivity index (χ0v) is 14.8. The Balaban J connectivity index is 1.57. The molecular weight excluding hydrogens is 332 g/mol. The molecule has 0 atom stereocenters. The lowest BCUT2D eigenvalue weighted by Gasteiger charge is -2.19. The molecule has 1 aromatic heterocycles. The molecule has 1 aliphatic rings. The van der Waals surface area contributed by atoms with E-state index in [0.29, 0.717) is 5.75 Å². The highest BCUT2D eigenvalue weighted by Crippen LogP contribution is 2.32. The quantitative estimate of drug-likeness (QED) is 0.651. The number of amides is 1. The molecule has 2 heterocycles. The lowest BCUT2D eigenvalue weighted by molar-refractivity contribution is 0.0986. The third-order valence-corrected chi connectivity index (χ3v) is 5.39. The number of hydrogen-bond acceptors (Lipinski definition) is 4. The number of aromatic nitrogens is 1. The summed E-state index contributed by atoms with van der Waals surface area (Å²) in [5.74, 6) is 1.53. The Bertz CT molecular complexity index is 919. The van der Waals surface area contributed by atoms with Crippen molar-refractivity contribution in [3.8, 4) is 0 Å². The molecule has 0 fully saturated rings. The summed E-state index contributed by atoms with van der Waals surface area (Å²) < 4.78 is 5.27. The van der Waals surface area contributed by atoms with Crippen LogP contribution >= 0.6 is 11.8 Å². The summed E-state index contributed by atoms with van der Waals surface area (Å²) in [7, 11) is 0. The predicted octanol–water partition coefficient (Wildman–Crippen LogP) is 4.48. The lowest BCUT2D eigenvalue weighted by Crippen LogP contribution is -2.29. The van der Waals surface area contributed by atoms with E-state index in [-0.39, 0.29) is 5.91 Å². The van der Waals surface area contributed by atoms with Crippen LogP contribution in [0.4, 0.5) is 5.69 Å². The van der Waals surface area contributed by atoms with Crippen molar-refractivity contribution >= 4 is 23.4 Å². The number of nitrogens with zero attached hydrogens (tertiary/aromatic N) is 2. The highest BCUT2D eigenvalue weighted by molar-refractivity contribution is 7.98. The van der Waals surface area contributed by atoms with Crippen LogP contribution in [0.3, 0.4) is 0 Å². The maximum absolute atomic E-state index is 13.1. The minimum atomic E-state index is 0.0572. The fourth-order valence-electron chi connectivity index (χ4n) is 3.10. The van der Waals surface area contributed by atoms with E-state index in [1.54, 1.807) is 11.8 Å².